The lowest BCUT2D eigenvalue weighted by Gasteiger charge is -2.12. The van der Waals surface area contributed by atoms with Crippen LogP contribution in [0.5, 0.6) is 11.5 Å². The van der Waals surface area contributed by atoms with Gasteiger partial charge in [-0.15, -0.1) is 11.8 Å². The summed E-state index contributed by atoms with van der Waals surface area (Å²) in [6, 6.07) is 10.7. The summed E-state index contributed by atoms with van der Waals surface area (Å²) in [6.07, 6.45) is 1.50. The minimum Gasteiger partial charge on any atom is -0.493 e. The number of carbonyl (C=O) groups excluding carboxylic acids is 2. The number of nitrogens with zero attached hydrogens (tertiary/aromatic N) is 1. The highest BCUT2D eigenvalue weighted by atomic mass is 127. The number of hydrazone groups is 1. The normalized spacial score (nSPS) is 10.6. The lowest BCUT2D eigenvalue weighted by Crippen LogP contribution is -2.19. The highest BCUT2D eigenvalue weighted by Gasteiger charge is 2.13. The van der Waals surface area contributed by atoms with E-state index in [-0.39, 0.29) is 18.3 Å². The van der Waals surface area contributed by atoms with Gasteiger partial charge in [-0.2, -0.15) is 5.10 Å². The quantitative estimate of drug-likeness (QED) is 0.169. The molecule has 1 amide bonds. The molecule has 0 unspecified atom stereocenters. The molecule has 0 saturated carbocycles. The number of benzene rings is 2. The smallest absolute Gasteiger partial charge is 0.343 e. The second-order valence-electron chi connectivity index (χ2n) is 5.43. The van der Waals surface area contributed by atoms with Crippen molar-refractivity contribution < 1.29 is 23.8 Å². The van der Waals surface area contributed by atoms with Gasteiger partial charge in [-0.1, -0.05) is 11.6 Å². The largest absolute Gasteiger partial charge is 0.493 e. The van der Waals surface area contributed by atoms with E-state index in [2.05, 4.69) is 37.9 Å². The molecule has 154 valence electrons. The molecular formula is C19H18ClIN2O5S. The van der Waals surface area contributed by atoms with Crippen molar-refractivity contribution in [1.29, 1.82) is 0 Å². The summed E-state index contributed by atoms with van der Waals surface area (Å²) < 4.78 is 16.1. The van der Waals surface area contributed by atoms with Crippen LogP contribution in [0.15, 0.2) is 46.4 Å². The van der Waals surface area contributed by atoms with E-state index < -0.39 is 5.97 Å². The highest BCUT2D eigenvalue weighted by Crippen LogP contribution is 2.33. The van der Waals surface area contributed by atoms with E-state index in [9.17, 15) is 9.59 Å². The molecule has 7 nitrogen and oxygen atoms in total. The Morgan fingerprint density at radius 2 is 1.97 bits per heavy atom. The standard InChI is InChI=1S/C19H18ClIN2O5S/c1-26-16-8-12(7-15(21)19(16)28-10-18(25)27-2)9-22-23-17(24)11-29-14-5-3-13(20)4-6-14/h3-9H,10-11H2,1-2H3,(H,23,24)/b22-9-. The van der Waals surface area contributed by atoms with Gasteiger partial charge in [0.15, 0.2) is 18.1 Å². The van der Waals surface area contributed by atoms with Gasteiger partial charge in [0.05, 0.1) is 29.8 Å². The van der Waals surface area contributed by atoms with E-state index in [4.69, 9.17) is 21.1 Å². The molecule has 0 radical (unpaired) electrons. The number of thioether (sulfide) groups is 1. The van der Waals surface area contributed by atoms with Gasteiger partial charge in [0.2, 0.25) is 5.91 Å². The van der Waals surface area contributed by atoms with E-state index in [0.29, 0.717) is 22.1 Å². The Kier molecular flexibility index (Phi) is 9.55. The van der Waals surface area contributed by atoms with Gasteiger partial charge in [-0.3, -0.25) is 4.79 Å². The molecule has 0 aliphatic heterocycles. The Bertz CT molecular complexity index is 893. The summed E-state index contributed by atoms with van der Waals surface area (Å²) in [4.78, 5) is 24.1. The number of ether oxygens (including phenoxy) is 3. The monoisotopic (exact) mass is 548 g/mol. The zero-order valence-corrected chi connectivity index (χ0v) is 19.3. The third-order valence-corrected chi connectivity index (χ3v) is 5.47. The average molecular weight is 549 g/mol. The first kappa shape index (κ1) is 23.3. The Labute approximate surface area is 191 Å². The molecule has 0 saturated heterocycles. The van der Waals surface area contributed by atoms with Gasteiger partial charge in [0.1, 0.15) is 0 Å². The number of carbonyl (C=O) groups is 2. The Hall–Kier alpha value is -1.98. The third kappa shape index (κ3) is 7.75. The first-order chi connectivity index (χ1) is 13.9. The van der Waals surface area contributed by atoms with Gasteiger partial charge in [0, 0.05) is 9.92 Å². The van der Waals surface area contributed by atoms with E-state index in [1.807, 2.05) is 12.1 Å². The molecule has 0 fully saturated rings. The number of methoxy groups -OCH3 is 2. The lowest BCUT2D eigenvalue weighted by molar-refractivity contribution is -0.143. The van der Waals surface area contributed by atoms with Crippen molar-refractivity contribution in [3.63, 3.8) is 0 Å². The van der Waals surface area contributed by atoms with Crippen LogP contribution in [-0.4, -0.2) is 44.7 Å². The molecule has 0 spiro atoms. The summed E-state index contributed by atoms with van der Waals surface area (Å²) >= 11 is 9.28. The van der Waals surface area contributed by atoms with Crippen LogP contribution in [0.1, 0.15) is 5.56 Å². The summed E-state index contributed by atoms with van der Waals surface area (Å²) in [5, 5.41) is 4.62. The van der Waals surface area contributed by atoms with Crippen molar-refractivity contribution in [2.75, 3.05) is 26.6 Å². The number of rotatable bonds is 9. The van der Waals surface area contributed by atoms with Crippen LogP contribution in [0.2, 0.25) is 5.02 Å². The van der Waals surface area contributed by atoms with Crippen LogP contribution < -0.4 is 14.9 Å². The molecule has 0 aliphatic rings. The fraction of sp³-hybridized carbons (Fsp3) is 0.211. The molecule has 0 aliphatic carbocycles. The van der Waals surface area contributed by atoms with Crippen LogP contribution in [0, 0.1) is 3.57 Å². The zero-order valence-electron chi connectivity index (χ0n) is 15.6. The first-order valence-electron chi connectivity index (χ1n) is 8.20. The molecule has 2 aromatic rings. The molecule has 2 aromatic carbocycles. The summed E-state index contributed by atoms with van der Waals surface area (Å²) in [5.41, 5.74) is 3.18. The van der Waals surface area contributed by atoms with Crippen molar-refractivity contribution in [2.24, 2.45) is 5.10 Å². The number of hydrogen-bond donors (Lipinski definition) is 1. The number of hydrogen-bond acceptors (Lipinski definition) is 7. The molecule has 0 atom stereocenters. The maximum absolute atomic E-state index is 11.9. The van der Waals surface area contributed by atoms with Crippen molar-refractivity contribution in [3.8, 4) is 11.5 Å². The van der Waals surface area contributed by atoms with Crippen molar-refractivity contribution in [1.82, 2.24) is 5.43 Å². The van der Waals surface area contributed by atoms with Gasteiger partial charge in [-0.25, -0.2) is 10.2 Å². The third-order valence-electron chi connectivity index (χ3n) is 3.40. The van der Waals surface area contributed by atoms with Crippen LogP contribution in [0.3, 0.4) is 0 Å². The van der Waals surface area contributed by atoms with Gasteiger partial charge < -0.3 is 14.2 Å². The Morgan fingerprint density at radius 3 is 2.62 bits per heavy atom. The van der Waals surface area contributed by atoms with Gasteiger partial charge in [0.25, 0.3) is 0 Å². The lowest BCUT2D eigenvalue weighted by atomic mass is 10.2. The Balaban J connectivity index is 1.93. The van der Waals surface area contributed by atoms with E-state index >= 15 is 0 Å². The van der Waals surface area contributed by atoms with Gasteiger partial charge in [-0.05, 0) is 64.6 Å². The van der Waals surface area contributed by atoms with Crippen LogP contribution in [0.25, 0.3) is 0 Å². The van der Waals surface area contributed by atoms with Crippen LogP contribution in [0.4, 0.5) is 0 Å². The number of amides is 1. The van der Waals surface area contributed by atoms with Crippen molar-refractivity contribution >= 4 is 64.0 Å². The van der Waals surface area contributed by atoms with E-state index in [1.54, 1.807) is 24.3 Å². The summed E-state index contributed by atoms with van der Waals surface area (Å²) in [6.45, 7) is -0.225. The average Bonchev–Trinajstić information content (AvgIpc) is 2.71. The molecular weight excluding hydrogens is 531 g/mol. The number of halogens is 2. The fourth-order valence-electron chi connectivity index (χ4n) is 2.04. The predicted molar refractivity (Wildman–Crippen MR) is 121 cm³/mol. The second-order valence-corrected chi connectivity index (χ2v) is 8.08. The highest BCUT2D eigenvalue weighted by molar-refractivity contribution is 14.1. The topological polar surface area (TPSA) is 86.2 Å². The maximum atomic E-state index is 11.9. The second kappa shape index (κ2) is 11.9. The minimum absolute atomic E-state index is 0.222. The number of esters is 1. The van der Waals surface area contributed by atoms with E-state index in [0.717, 1.165) is 8.47 Å². The fourth-order valence-corrected chi connectivity index (χ4v) is 3.63. The number of nitrogens with one attached hydrogen (secondary N) is 1. The molecule has 0 heterocycles. The van der Waals surface area contributed by atoms with Crippen molar-refractivity contribution in [3.05, 3.63) is 50.6 Å². The summed E-state index contributed by atoms with van der Waals surface area (Å²) in [7, 11) is 2.78. The Morgan fingerprint density at radius 1 is 1.24 bits per heavy atom. The molecule has 1 N–H and O–H groups in total. The SMILES string of the molecule is COC(=O)COc1c(I)cc(/C=N\NC(=O)CSc2ccc(Cl)cc2)cc1OC. The molecule has 10 heteroatoms. The molecule has 0 bridgehead atoms. The maximum Gasteiger partial charge on any atom is 0.343 e. The zero-order chi connectivity index (χ0) is 21.2. The van der Waals surface area contributed by atoms with Crippen molar-refractivity contribution in [2.45, 2.75) is 4.90 Å². The van der Waals surface area contributed by atoms with Crippen LogP contribution in [-0.2, 0) is 14.3 Å². The minimum atomic E-state index is -0.493. The first-order valence-corrected chi connectivity index (χ1v) is 10.6. The van der Waals surface area contributed by atoms with Crippen LogP contribution >= 0.6 is 46.0 Å². The predicted octanol–water partition coefficient (Wildman–Crippen LogP) is 3.75. The molecule has 2 rings (SSSR count). The van der Waals surface area contributed by atoms with Gasteiger partial charge >= 0.3 is 5.97 Å². The molecule has 29 heavy (non-hydrogen) atoms. The van der Waals surface area contributed by atoms with E-state index in [1.165, 1.54) is 32.2 Å². The molecule has 0 aromatic heterocycles. The summed E-state index contributed by atoms with van der Waals surface area (Å²) in [5.74, 6) is 0.361.